The van der Waals surface area contributed by atoms with Gasteiger partial charge in [0.1, 0.15) is 11.8 Å². The Bertz CT molecular complexity index is 723. The SMILES string of the molecule is COc1cccc(C(=O)N2CCCC2c2nc(C3CC3)no2)c1. The Labute approximate surface area is 134 Å². The van der Waals surface area contributed by atoms with Crippen molar-refractivity contribution < 1.29 is 14.1 Å². The maximum Gasteiger partial charge on any atom is 0.254 e. The number of aromatic nitrogens is 2. The Morgan fingerprint density at radius 1 is 1.35 bits per heavy atom. The van der Waals surface area contributed by atoms with Gasteiger partial charge in [-0.15, -0.1) is 0 Å². The lowest BCUT2D eigenvalue weighted by molar-refractivity contribution is 0.0709. The Kier molecular flexibility index (Phi) is 3.52. The monoisotopic (exact) mass is 313 g/mol. The van der Waals surface area contributed by atoms with E-state index in [2.05, 4.69) is 10.1 Å². The lowest BCUT2D eigenvalue weighted by Crippen LogP contribution is -2.30. The molecule has 0 bridgehead atoms. The summed E-state index contributed by atoms with van der Waals surface area (Å²) in [7, 11) is 1.60. The van der Waals surface area contributed by atoms with Crippen LogP contribution in [0.15, 0.2) is 28.8 Å². The van der Waals surface area contributed by atoms with Crippen LogP contribution >= 0.6 is 0 Å². The summed E-state index contributed by atoms with van der Waals surface area (Å²) in [6, 6.07) is 7.12. The Hall–Kier alpha value is -2.37. The summed E-state index contributed by atoms with van der Waals surface area (Å²) in [5.74, 6) is 2.48. The molecule has 2 heterocycles. The second-order valence-electron chi connectivity index (χ2n) is 6.15. The molecule has 1 saturated heterocycles. The molecule has 1 aromatic heterocycles. The third-order valence-electron chi connectivity index (χ3n) is 4.52. The van der Waals surface area contributed by atoms with Crippen molar-refractivity contribution in [3.63, 3.8) is 0 Å². The molecule has 6 nitrogen and oxygen atoms in total. The van der Waals surface area contributed by atoms with E-state index in [4.69, 9.17) is 9.26 Å². The molecule has 6 heteroatoms. The standard InChI is InChI=1S/C17H19N3O3/c1-22-13-5-2-4-12(10-13)17(21)20-9-3-6-14(20)16-18-15(19-23-16)11-7-8-11/h2,4-5,10-11,14H,3,6-9H2,1H3. The topological polar surface area (TPSA) is 68.5 Å². The van der Waals surface area contributed by atoms with E-state index in [1.807, 2.05) is 23.1 Å². The van der Waals surface area contributed by atoms with Crippen molar-refractivity contribution in [2.75, 3.05) is 13.7 Å². The number of methoxy groups -OCH3 is 1. The molecule has 2 aromatic rings. The molecular formula is C17H19N3O3. The van der Waals surface area contributed by atoms with Gasteiger partial charge in [-0.05, 0) is 43.9 Å². The predicted molar refractivity (Wildman–Crippen MR) is 82.3 cm³/mol. The minimum absolute atomic E-state index is 0.0161. The average molecular weight is 313 g/mol. The van der Waals surface area contributed by atoms with E-state index in [1.165, 1.54) is 0 Å². The van der Waals surface area contributed by atoms with Crippen molar-refractivity contribution >= 4 is 5.91 Å². The first-order valence-corrected chi connectivity index (χ1v) is 8.05. The van der Waals surface area contributed by atoms with Gasteiger partial charge in [-0.3, -0.25) is 4.79 Å². The highest BCUT2D eigenvalue weighted by atomic mass is 16.5. The minimum Gasteiger partial charge on any atom is -0.497 e. The molecule has 0 N–H and O–H groups in total. The number of carbonyl (C=O) groups is 1. The van der Waals surface area contributed by atoms with Gasteiger partial charge in [0, 0.05) is 18.0 Å². The van der Waals surface area contributed by atoms with Gasteiger partial charge in [0.2, 0.25) is 5.89 Å². The normalized spacial score (nSPS) is 20.7. The van der Waals surface area contributed by atoms with Gasteiger partial charge < -0.3 is 14.2 Å². The van der Waals surface area contributed by atoms with Crippen molar-refractivity contribution in [1.82, 2.24) is 15.0 Å². The quantitative estimate of drug-likeness (QED) is 0.868. The summed E-state index contributed by atoms with van der Waals surface area (Å²) in [4.78, 5) is 19.2. The van der Waals surface area contributed by atoms with E-state index >= 15 is 0 Å². The van der Waals surface area contributed by atoms with Crippen molar-refractivity contribution in [2.45, 2.75) is 37.6 Å². The summed E-state index contributed by atoms with van der Waals surface area (Å²) in [5, 5.41) is 4.07. The molecule has 2 fully saturated rings. The molecule has 1 aromatic carbocycles. The van der Waals surface area contributed by atoms with Crippen LogP contribution in [0.1, 0.15) is 59.7 Å². The van der Waals surface area contributed by atoms with Gasteiger partial charge >= 0.3 is 0 Å². The molecule has 2 aliphatic rings. The first-order valence-electron chi connectivity index (χ1n) is 8.05. The van der Waals surface area contributed by atoms with Gasteiger partial charge in [-0.2, -0.15) is 4.98 Å². The van der Waals surface area contributed by atoms with E-state index in [9.17, 15) is 4.79 Å². The number of carbonyl (C=O) groups excluding carboxylic acids is 1. The second-order valence-corrected chi connectivity index (χ2v) is 6.15. The van der Waals surface area contributed by atoms with Gasteiger partial charge in [0.05, 0.1) is 7.11 Å². The fourth-order valence-electron chi connectivity index (χ4n) is 3.08. The maximum absolute atomic E-state index is 12.8. The zero-order valence-electron chi connectivity index (χ0n) is 13.1. The van der Waals surface area contributed by atoms with Gasteiger partial charge in [-0.1, -0.05) is 11.2 Å². The number of nitrogens with zero attached hydrogens (tertiary/aromatic N) is 3. The molecule has 23 heavy (non-hydrogen) atoms. The summed E-state index contributed by atoms with van der Waals surface area (Å²) in [5.41, 5.74) is 0.623. The van der Waals surface area contributed by atoms with Crippen LogP contribution in [0.3, 0.4) is 0 Å². The number of hydrogen-bond acceptors (Lipinski definition) is 5. The Balaban J connectivity index is 1.57. The number of likely N-dealkylation sites (tertiary alicyclic amines) is 1. The molecule has 0 spiro atoms. The zero-order valence-corrected chi connectivity index (χ0v) is 13.1. The van der Waals surface area contributed by atoms with E-state index in [-0.39, 0.29) is 11.9 Å². The molecule has 1 saturated carbocycles. The summed E-state index contributed by atoms with van der Waals surface area (Å²) in [6.45, 7) is 0.710. The lowest BCUT2D eigenvalue weighted by atomic mass is 10.1. The second kappa shape index (κ2) is 5.68. The summed E-state index contributed by atoms with van der Waals surface area (Å²) >= 11 is 0. The van der Waals surface area contributed by atoms with E-state index in [0.29, 0.717) is 29.7 Å². The molecule has 1 aliphatic carbocycles. The highest BCUT2D eigenvalue weighted by Gasteiger charge is 2.36. The molecular weight excluding hydrogens is 294 g/mol. The van der Waals surface area contributed by atoms with Crippen LogP contribution in [-0.4, -0.2) is 34.6 Å². The fraction of sp³-hybridized carbons (Fsp3) is 0.471. The van der Waals surface area contributed by atoms with Crippen LogP contribution in [0, 0.1) is 0 Å². The molecule has 1 unspecified atom stereocenters. The van der Waals surface area contributed by atoms with E-state index in [1.54, 1.807) is 13.2 Å². The number of benzene rings is 1. The molecule has 4 rings (SSSR count). The minimum atomic E-state index is -0.117. The molecule has 0 radical (unpaired) electrons. The predicted octanol–water partition coefficient (Wildman–Crippen LogP) is 2.93. The number of amides is 1. The summed E-state index contributed by atoms with van der Waals surface area (Å²) < 4.78 is 10.6. The third-order valence-corrected chi connectivity index (χ3v) is 4.52. The van der Waals surface area contributed by atoms with Crippen LogP contribution in [0.4, 0.5) is 0 Å². The summed E-state index contributed by atoms with van der Waals surface area (Å²) in [6.07, 6.45) is 4.08. The van der Waals surface area contributed by atoms with Crippen molar-refractivity contribution in [3.8, 4) is 5.75 Å². The van der Waals surface area contributed by atoms with Gasteiger partial charge in [0.15, 0.2) is 5.82 Å². The zero-order chi connectivity index (χ0) is 15.8. The van der Waals surface area contributed by atoms with E-state index in [0.717, 1.165) is 31.5 Å². The fourth-order valence-corrected chi connectivity index (χ4v) is 3.08. The van der Waals surface area contributed by atoms with E-state index < -0.39 is 0 Å². The average Bonchev–Trinajstić information content (AvgIpc) is 3.13. The largest absolute Gasteiger partial charge is 0.497 e. The third kappa shape index (κ3) is 2.69. The number of rotatable bonds is 4. The van der Waals surface area contributed by atoms with Crippen LogP contribution in [0.5, 0.6) is 5.75 Å². The van der Waals surface area contributed by atoms with Crippen LogP contribution < -0.4 is 4.74 Å². The first-order chi connectivity index (χ1) is 11.3. The molecule has 1 amide bonds. The van der Waals surface area contributed by atoms with Crippen molar-refractivity contribution in [3.05, 3.63) is 41.5 Å². The van der Waals surface area contributed by atoms with Crippen molar-refractivity contribution in [1.29, 1.82) is 0 Å². The first kappa shape index (κ1) is 14.2. The van der Waals surface area contributed by atoms with Crippen LogP contribution in [-0.2, 0) is 0 Å². The van der Waals surface area contributed by atoms with Gasteiger partial charge in [0.25, 0.3) is 5.91 Å². The van der Waals surface area contributed by atoms with Crippen LogP contribution in [0.25, 0.3) is 0 Å². The molecule has 120 valence electrons. The van der Waals surface area contributed by atoms with Crippen molar-refractivity contribution in [2.24, 2.45) is 0 Å². The van der Waals surface area contributed by atoms with Crippen LogP contribution in [0.2, 0.25) is 0 Å². The van der Waals surface area contributed by atoms with Gasteiger partial charge in [-0.25, -0.2) is 0 Å². The molecule has 1 atom stereocenters. The Morgan fingerprint density at radius 2 is 2.22 bits per heavy atom. The Morgan fingerprint density at radius 3 is 3.00 bits per heavy atom. The highest BCUT2D eigenvalue weighted by molar-refractivity contribution is 5.95. The molecule has 1 aliphatic heterocycles. The smallest absolute Gasteiger partial charge is 0.254 e. The maximum atomic E-state index is 12.8. The number of hydrogen-bond donors (Lipinski definition) is 0. The lowest BCUT2D eigenvalue weighted by Gasteiger charge is -2.22. The highest BCUT2D eigenvalue weighted by Crippen LogP contribution is 2.40. The number of ether oxygens (including phenoxy) is 1.